The summed E-state index contributed by atoms with van der Waals surface area (Å²) < 4.78 is 24.6. The van der Waals surface area contributed by atoms with E-state index in [1.807, 2.05) is 0 Å². The molecular weight excluding hydrogens is 453 g/mol. The fraction of sp³-hybridized carbons (Fsp3) is 0.0870. The number of carbonyl (C=O) groups is 3. The summed E-state index contributed by atoms with van der Waals surface area (Å²) in [7, 11) is 1.43. The molecule has 0 bridgehead atoms. The number of imide groups is 1. The van der Waals surface area contributed by atoms with Crippen molar-refractivity contribution in [2.45, 2.75) is 6.54 Å². The second kappa shape index (κ2) is 9.37. The van der Waals surface area contributed by atoms with Gasteiger partial charge in [-0.05, 0) is 53.0 Å². The van der Waals surface area contributed by atoms with Crippen LogP contribution in [0.25, 0.3) is 6.08 Å². The van der Waals surface area contributed by atoms with E-state index in [0.717, 1.165) is 16.7 Å². The minimum Gasteiger partial charge on any atom is -0.493 e. The molecule has 6 nitrogen and oxygen atoms in total. The summed E-state index contributed by atoms with van der Waals surface area (Å²) in [5, 5.41) is 1.30. The predicted molar refractivity (Wildman–Crippen MR) is 120 cm³/mol. The summed E-state index contributed by atoms with van der Waals surface area (Å²) >= 11 is 2.04. The maximum atomic E-state index is 13.9. The van der Waals surface area contributed by atoms with Crippen LogP contribution in [0.15, 0.2) is 64.9 Å². The summed E-state index contributed by atoms with van der Waals surface area (Å²) in [5.41, 5.74) is 0.837. The first-order valence-electron chi connectivity index (χ1n) is 9.39. The first-order chi connectivity index (χ1) is 15.5. The first kappa shape index (κ1) is 21.8. The number of thioether (sulfide) groups is 1. The molecule has 0 spiro atoms. The van der Waals surface area contributed by atoms with Crippen molar-refractivity contribution < 1.29 is 28.2 Å². The Hall–Kier alpha value is -3.43. The first-order valence-corrected chi connectivity index (χ1v) is 11.1. The van der Waals surface area contributed by atoms with Crippen molar-refractivity contribution in [2.24, 2.45) is 0 Å². The summed E-state index contributed by atoms with van der Waals surface area (Å²) in [5.74, 6) is -0.950. The van der Waals surface area contributed by atoms with E-state index in [1.165, 1.54) is 30.6 Å². The average Bonchev–Trinajstić information content (AvgIpc) is 3.41. The normalized spacial score (nSPS) is 14.8. The Bertz CT molecular complexity index is 1220. The van der Waals surface area contributed by atoms with Crippen LogP contribution >= 0.6 is 23.1 Å². The topological polar surface area (TPSA) is 72.9 Å². The maximum absolute atomic E-state index is 13.9. The number of carbonyl (C=O) groups excluding carboxylic acids is 3. The molecule has 2 amide bonds. The third-order valence-corrected chi connectivity index (χ3v) is 6.33. The lowest BCUT2D eigenvalue weighted by atomic mass is 10.1. The Morgan fingerprint density at radius 2 is 1.91 bits per heavy atom. The average molecular weight is 470 g/mol. The summed E-state index contributed by atoms with van der Waals surface area (Å²) in [6.07, 6.45) is 1.54. The van der Waals surface area contributed by atoms with Crippen LogP contribution in [0.2, 0.25) is 0 Å². The molecule has 2 aromatic carbocycles. The van der Waals surface area contributed by atoms with Gasteiger partial charge in [0, 0.05) is 5.56 Å². The molecule has 1 fully saturated rings. The third kappa shape index (κ3) is 4.58. The third-order valence-electron chi connectivity index (χ3n) is 4.57. The Labute approximate surface area is 191 Å². The molecule has 0 aliphatic carbocycles. The summed E-state index contributed by atoms with van der Waals surface area (Å²) in [6.45, 7) is -0.143. The molecule has 1 saturated heterocycles. The molecule has 0 radical (unpaired) electrons. The van der Waals surface area contributed by atoms with Crippen molar-refractivity contribution in [3.63, 3.8) is 0 Å². The van der Waals surface area contributed by atoms with E-state index < -0.39 is 22.9 Å². The molecule has 0 atom stereocenters. The van der Waals surface area contributed by atoms with E-state index in [4.69, 9.17) is 9.47 Å². The zero-order valence-electron chi connectivity index (χ0n) is 16.7. The molecule has 0 N–H and O–H groups in total. The molecule has 4 rings (SSSR count). The minimum absolute atomic E-state index is 0.143. The van der Waals surface area contributed by atoms with E-state index in [2.05, 4.69) is 0 Å². The van der Waals surface area contributed by atoms with Crippen molar-refractivity contribution in [1.82, 2.24) is 4.90 Å². The number of ether oxygens (including phenoxy) is 2. The van der Waals surface area contributed by atoms with Crippen LogP contribution < -0.4 is 9.47 Å². The SMILES string of the molecule is COc1cc(/C=C2\SC(=O)N(Cc3ccccc3F)C2=O)ccc1OC(=O)c1cccs1. The van der Waals surface area contributed by atoms with Gasteiger partial charge in [-0.2, -0.15) is 0 Å². The van der Waals surface area contributed by atoms with Crippen molar-refractivity contribution in [2.75, 3.05) is 7.11 Å². The van der Waals surface area contributed by atoms with Crippen LogP contribution in [0.1, 0.15) is 20.8 Å². The van der Waals surface area contributed by atoms with E-state index in [1.54, 1.807) is 53.9 Å². The van der Waals surface area contributed by atoms with Gasteiger partial charge in [-0.15, -0.1) is 11.3 Å². The highest BCUT2D eigenvalue weighted by molar-refractivity contribution is 8.18. The number of amides is 2. The lowest BCUT2D eigenvalue weighted by Crippen LogP contribution is -2.27. The van der Waals surface area contributed by atoms with Gasteiger partial charge in [0.2, 0.25) is 0 Å². The smallest absolute Gasteiger partial charge is 0.353 e. The number of nitrogens with zero attached hydrogens (tertiary/aromatic N) is 1. The Balaban J connectivity index is 1.53. The molecule has 0 saturated carbocycles. The maximum Gasteiger partial charge on any atom is 0.353 e. The number of rotatable bonds is 6. The van der Waals surface area contributed by atoms with E-state index in [0.29, 0.717) is 16.2 Å². The molecule has 3 aromatic rings. The van der Waals surface area contributed by atoms with Crippen LogP contribution in [-0.2, 0) is 11.3 Å². The fourth-order valence-electron chi connectivity index (χ4n) is 2.99. The molecule has 32 heavy (non-hydrogen) atoms. The molecule has 2 heterocycles. The van der Waals surface area contributed by atoms with Crippen LogP contribution in [0, 0.1) is 5.82 Å². The lowest BCUT2D eigenvalue weighted by Gasteiger charge is -2.13. The van der Waals surface area contributed by atoms with Gasteiger partial charge in [0.05, 0.1) is 18.6 Å². The van der Waals surface area contributed by atoms with Gasteiger partial charge in [0.1, 0.15) is 10.7 Å². The van der Waals surface area contributed by atoms with E-state index >= 15 is 0 Å². The highest BCUT2D eigenvalue weighted by Crippen LogP contribution is 2.35. The molecule has 1 aromatic heterocycles. The monoisotopic (exact) mass is 469 g/mol. The lowest BCUT2D eigenvalue weighted by molar-refractivity contribution is -0.123. The number of hydrogen-bond donors (Lipinski definition) is 0. The van der Waals surface area contributed by atoms with Crippen LogP contribution in [0.4, 0.5) is 9.18 Å². The van der Waals surface area contributed by atoms with Crippen molar-refractivity contribution in [3.05, 3.63) is 86.7 Å². The van der Waals surface area contributed by atoms with Gasteiger partial charge in [0.15, 0.2) is 11.5 Å². The van der Waals surface area contributed by atoms with Crippen molar-refractivity contribution in [1.29, 1.82) is 0 Å². The number of halogens is 1. The number of benzene rings is 2. The molecule has 1 aliphatic heterocycles. The van der Waals surface area contributed by atoms with Gasteiger partial charge in [-0.25, -0.2) is 9.18 Å². The zero-order valence-corrected chi connectivity index (χ0v) is 18.4. The quantitative estimate of drug-likeness (QED) is 0.275. The Morgan fingerprint density at radius 1 is 1.09 bits per heavy atom. The van der Waals surface area contributed by atoms with E-state index in [9.17, 15) is 18.8 Å². The summed E-state index contributed by atoms with van der Waals surface area (Å²) in [4.78, 5) is 38.9. The number of thiophene rings is 1. The largest absolute Gasteiger partial charge is 0.493 e. The zero-order chi connectivity index (χ0) is 22.7. The molecule has 162 valence electrons. The Kier molecular flexibility index (Phi) is 6.38. The van der Waals surface area contributed by atoms with Gasteiger partial charge in [0.25, 0.3) is 11.1 Å². The Morgan fingerprint density at radius 3 is 2.62 bits per heavy atom. The van der Waals surface area contributed by atoms with Gasteiger partial charge in [-0.1, -0.05) is 30.3 Å². The highest BCUT2D eigenvalue weighted by Gasteiger charge is 2.35. The number of methoxy groups -OCH3 is 1. The number of esters is 1. The predicted octanol–water partition coefficient (Wildman–Crippen LogP) is 5.35. The van der Waals surface area contributed by atoms with Gasteiger partial charge >= 0.3 is 5.97 Å². The van der Waals surface area contributed by atoms with Crippen LogP contribution in [-0.4, -0.2) is 29.1 Å². The fourth-order valence-corrected chi connectivity index (χ4v) is 4.42. The van der Waals surface area contributed by atoms with Crippen LogP contribution in [0.3, 0.4) is 0 Å². The summed E-state index contributed by atoms with van der Waals surface area (Å²) in [6, 6.07) is 14.2. The van der Waals surface area contributed by atoms with Crippen molar-refractivity contribution in [3.8, 4) is 11.5 Å². The second-order valence-corrected chi connectivity index (χ2v) is 8.58. The highest BCUT2D eigenvalue weighted by atomic mass is 32.2. The van der Waals surface area contributed by atoms with E-state index in [-0.39, 0.29) is 22.8 Å². The van der Waals surface area contributed by atoms with Gasteiger partial charge < -0.3 is 9.47 Å². The molecule has 0 unspecified atom stereocenters. The molecule has 1 aliphatic rings. The van der Waals surface area contributed by atoms with Crippen LogP contribution in [0.5, 0.6) is 11.5 Å². The van der Waals surface area contributed by atoms with Crippen molar-refractivity contribution >= 4 is 46.3 Å². The number of hydrogen-bond acceptors (Lipinski definition) is 7. The second-order valence-electron chi connectivity index (χ2n) is 6.64. The standard InChI is InChI=1S/C23H16FNO5S2/c1-29-18-11-14(8-9-17(18)30-22(27)19-7-4-10-31-19)12-20-21(26)25(23(28)32-20)13-15-5-2-3-6-16(15)24/h2-12H,13H2,1H3/b20-12-. The minimum atomic E-state index is -0.504. The molecule has 9 heteroatoms. The van der Waals surface area contributed by atoms with Gasteiger partial charge in [-0.3, -0.25) is 14.5 Å². The molecular formula is C23H16FNO5S2.